The van der Waals surface area contributed by atoms with Gasteiger partial charge in [0.15, 0.2) is 6.29 Å². The number of aromatic amines is 2. The summed E-state index contributed by atoms with van der Waals surface area (Å²) in [6.45, 7) is 14.6. The highest BCUT2D eigenvalue weighted by Gasteiger charge is 2.41. The van der Waals surface area contributed by atoms with E-state index in [9.17, 15) is 19.2 Å². The predicted octanol–water partition coefficient (Wildman–Crippen LogP) is 8.32. The molecule has 2 atom stereocenters. The van der Waals surface area contributed by atoms with Gasteiger partial charge in [-0.25, -0.2) is 9.97 Å². The van der Waals surface area contributed by atoms with Crippen LogP contribution in [0.2, 0.25) is 0 Å². The van der Waals surface area contributed by atoms with E-state index in [1.165, 1.54) is 12.0 Å². The molecule has 0 saturated heterocycles. The maximum absolute atomic E-state index is 14.6. The fourth-order valence-corrected chi connectivity index (χ4v) is 7.67. The van der Waals surface area contributed by atoms with Crippen LogP contribution in [0.15, 0.2) is 30.9 Å². The number of ether oxygens (including phenoxy) is 1. The van der Waals surface area contributed by atoms with Gasteiger partial charge in [-0.15, -0.1) is 0 Å². The first-order valence-electron chi connectivity index (χ1n) is 17.6. The van der Waals surface area contributed by atoms with Gasteiger partial charge in [0, 0.05) is 41.8 Å². The number of hydrogen-bond donors (Lipinski definition) is 2. The van der Waals surface area contributed by atoms with E-state index in [4.69, 9.17) is 14.7 Å². The fourth-order valence-electron chi connectivity index (χ4n) is 7.67. The highest BCUT2D eigenvalue weighted by molar-refractivity contribution is 6.25. The number of carbonyl (C=O) groups is 4. The zero-order valence-corrected chi connectivity index (χ0v) is 29.8. The third kappa shape index (κ3) is 5.80. The Balaban J connectivity index is 1.75. The summed E-state index contributed by atoms with van der Waals surface area (Å²) in [6.07, 6.45) is 7.22. The molecule has 260 valence electrons. The van der Waals surface area contributed by atoms with Crippen molar-refractivity contribution in [3.63, 3.8) is 0 Å². The zero-order valence-electron chi connectivity index (χ0n) is 29.8. The fraction of sp³-hybridized carbons (Fsp3) is 0.400. The monoisotopic (exact) mass is 675 g/mol. The highest BCUT2D eigenvalue weighted by Crippen LogP contribution is 2.44. The number of allylic oxidation sites excluding steroid dienone is 5. The van der Waals surface area contributed by atoms with Crippen molar-refractivity contribution in [2.75, 3.05) is 13.7 Å². The molecule has 6 heterocycles. The third-order valence-corrected chi connectivity index (χ3v) is 10.6. The molecule has 0 radical (unpaired) electrons. The van der Waals surface area contributed by atoms with E-state index in [-0.39, 0.29) is 41.9 Å². The molecule has 2 aromatic heterocycles. The van der Waals surface area contributed by atoms with Crippen molar-refractivity contribution < 1.29 is 23.9 Å². The molecule has 6 rings (SSSR count). The molecule has 0 unspecified atom stereocenters. The molecule has 0 aliphatic carbocycles. The topological polar surface area (TPSA) is 138 Å². The quantitative estimate of drug-likeness (QED) is 0.106. The van der Waals surface area contributed by atoms with Crippen molar-refractivity contribution in [3.8, 4) is 0 Å². The number of hydrogen-bond acceptors (Lipinski definition) is 7. The third-order valence-electron chi connectivity index (χ3n) is 10.6. The number of amides is 2. The minimum absolute atomic E-state index is 0.137. The number of imide groups is 1. The number of esters is 1. The molecule has 0 fully saturated rings. The van der Waals surface area contributed by atoms with Gasteiger partial charge in [-0.2, -0.15) is 0 Å². The van der Waals surface area contributed by atoms with Gasteiger partial charge >= 0.3 is 5.97 Å². The lowest BCUT2D eigenvalue weighted by molar-refractivity contribution is -0.140. The summed E-state index contributed by atoms with van der Waals surface area (Å²) >= 11 is 0. The van der Waals surface area contributed by atoms with Crippen LogP contribution in [0, 0.1) is 0 Å². The summed E-state index contributed by atoms with van der Waals surface area (Å²) in [6, 6.07) is 5.77. The average Bonchev–Trinajstić information content (AvgIpc) is 3.80. The van der Waals surface area contributed by atoms with Gasteiger partial charge in [0.2, 0.25) is 0 Å². The number of nitrogens with one attached hydrogen (secondary N) is 2. The second kappa shape index (κ2) is 14.0. The van der Waals surface area contributed by atoms with Gasteiger partial charge in [0.1, 0.15) is 0 Å². The molecule has 10 nitrogen and oxygen atoms in total. The van der Waals surface area contributed by atoms with Crippen molar-refractivity contribution in [3.05, 3.63) is 81.7 Å². The molecule has 2 N–H and O–H groups in total. The van der Waals surface area contributed by atoms with Crippen molar-refractivity contribution in [1.29, 1.82) is 0 Å². The Morgan fingerprint density at radius 3 is 2.36 bits per heavy atom. The molecule has 8 bridgehead atoms. The van der Waals surface area contributed by atoms with E-state index >= 15 is 0 Å². The van der Waals surface area contributed by atoms with E-state index in [0.717, 1.165) is 64.3 Å². The van der Waals surface area contributed by atoms with Gasteiger partial charge in [0.25, 0.3) is 11.8 Å². The van der Waals surface area contributed by atoms with Gasteiger partial charge in [-0.1, -0.05) is 52.7 Å². The van der Waals surface area contributed by atoms with Gasteiger partial charge in [-0.3, -0.25) is 24.1 Å². The van der Waals surface area contributed by atoms with Gasteiger partial charge in [-0.05, 0) is 68.0 Å². The number of unbranched alkanes of at least 4 members (excludes halogenated alkanes) is 3. The van der Waals surface area contributed by atoms with Crippen molar-refractivity contribution in [2.45, 2.75) is 91.4 Å². The summed E-state index contributed by atoms with van der Waals surface area (Å²) in [5.74, 6) is -1.74. The number of methoxy groups -OCH3 is 1. The molecule has 2 aromatic rings. The molecular formula is C40H45N5O5. The van der Waals surface area contributed by atoms with Crippen LogP contribution in [-0.2, 0) is 9.53 Å². The molecular weight excluding hydrogens is 630 g/mol. The van der Waals surface area contributed by atoms with Gasteiger partial charge < -0.3 is 14.7 Å². The number of nitrogens with zero attached hydrogens (tertiary/aromatic N) is 3. The van der Waals surface area contributed by atoms with E-state index in [1.54, 1.807) is 12.1 Å². The number of aromatic nitrogens is 4. The standard InChI is InChI=1S/C40H45N5O5/c1-8-11-12-13-16-45-39(48)35-27(20-46)33-19-32-25(10-3)22(5)29(42-32)18-31-24(9-2)21(4)28(41-31)17-30-23(6)26(14-15-34(47)50-7)37(43-30)36(40(45)49)38(35)44-33/h9,17-20,23,26,43-44H,2,8,10-16H2,1,3-7H3/t23-,26-/m0/s1. The first-order chi connectivity index (χ1) is 24.1. The Hall–Kier alpha value is -5.12. The van der Waals surface area contributed by atoms with Crippen molar-refractivity contribution in [2.24, 2.45) is 0 Å². The molecule has 0 saturated carbocycles. The smallest absolute Gasteiger partial charge is 0.305 e. The number of rotatable bonds is 11. The Kier molecular flexibility index (Phi) is 9.73. The van der Waals surface area contributed by atoms with Crippen LogP contribution < -0.4 is 0 Å². The zero-order chi connectivity index (χ0) is 35.9. The van der Waals surface area contributed by atoms with E-state index in [2.05, 4.69) is 37.3 Å². The Bertz CT molecular complexity index is 2080. The highest BCUT2D eigenvalue weighted by atomic mass is 16.5. The first-order valence-corrected chi connectivity index (χ1v) is 17.6. The maximum Gasteiger partial charge on any atom is 0.305 e. The van der Waals surface area contributed by atoms with Crippen LogP contribution in [0.5, 0.6) is 0 Å². The SMILES string of the molecule is C=CC1=C(C)c2cc3[nH]c(c4c5[nH]c(cc6nc(cc1n2)C(C)=C6CC)c(C=O)c5C(=O)N(CCCCCC)C4=O)[C@@H](CCC(=O)OC)[C@@H]3C. The molecule has 10 heteroatoms. The van der Waals surface area contributed by atoms with Gasteiger partial charge in [0.05, 0.1) is 57.6 Å². The Labute approximate surface area is 292 Å². The molecule has 4 aliphatic heterocycles. The normalized spacial score (nSPS) is 17.8. The van der Waals surface area contributed by atoms with Crippen LogP contribution in [0.1, 0.15) is 157 Å². The summed E-state index contributed by atoms with van der Waals surface area (Å²) in [5.41, 5.74) is 9.58. The van der Waals surface area contributed by atoms with E-state index in [1.807, 2.05) is 26.0 Å². The Morgan fingerprint density at radius 2 is 1.68 bits per heavy atom. The lowest BCUT2D eigenvalue weighted by Gasteiger charge is -2.27. The summed E-state index contributed by atoms with van der Waals surface area (Å²) in [4.78, 5) is 72.4. The average molecular weight is 676 g/mol. The van der Waals surface area contributed by atoms with E-state index < -0.39 is 11.8 Å². The van der Waals surface area contributed by atoms with Crippen LogP contribution in [-0.4, -0.2) is 62.6 Å². The predicted molar refractivity (Wildman–Crippen MR) is 195 cm³/mol. The molecule has 0 aromatic carbocycles. The number of H-pyrrole nitrogens is 2. The largest absolute Gasteiger partial charge is 0.469 e. The molecule has 50 heavy (non-hydrogen) atoms. The summed E-state index contributed by atoms with van der Waals surface area (Å²) in [5, 5.41) is 0. The number of aldehydes is 1. The number of fused-ring (bicyclic) bond motifs is 8. The Morgan fingerprint density at radius 1 is 0.960 bits per heavy atom. The number of carbonyl (C=O) groups excluding carboxylic acids is 4. The van der Waals surface area contributed by atoms with E-state index in [0.29, 0.717) is 53.5 Å². The van der Waals surface area contributed by atoms with Crippen LogP contribution in [0.4, 0.5) is 0 Å². The van der Waals surface area contributed by atoms with Crippen LogP contribution in [0.3, 0.4) is 0 Å². The lowest BCUT2D eigenvalue weighted by Crippen LogP contribution is -2.41. The van der Waals surface area contributed by atoms with Crippen molar-refractivity contribution >= 4 is 57.4 Å². The van der Waals surface area contributed by atoms with Crippen LogP contribution >= 0.6 is 0 Å². The second-order valence-corrected chi connectivity index (χ2v) is 13.4. The summed E-state index contributed by atoms with van der Waals surface area (Å²) in [7, 11) is 1.36. The molecule has 2 amide bonds. The maximum atomic E-state index is 14.6. The lowest BCUT2D eigenvalue weighted by atomic mass is 9.84. The minimum atomic E-state index is -0.494. The molecule has 4 aliphatic rings. The minimum Gasteiger partial charge on any atom is -0.469 e. The molecule has 0 spiro atoms. The van der Waals surface area contributed by atoms with Crippen LogP contribution in [0.25, 0.3) is 33.3 Å². The second-order valence-electron chi connectivity index (χ2n) is 13.4. The van der Waals surface area contributed by atoms with Crippen molar-refractivity contribution in [1.82, 2.24) is 24.8 Å². The first kappa shape index (κ1) is 34.7. The summed E-state index contributed by atoms with van der Waals surface area (Å²) < 4.78 is 4.99.